The van der Waals surface area contributed by atoms with Gasteiger partial charge in [0, 0.05) is 22.2 Å². The van der Waals surface area contributed by atoms with Crippen LogP contribution in [0.25, 0.3) is 0 Å². The molecular weight excluding hydrogens is 296 g/mol. The van der Waals surface area contributed by atoms with Crippen LogP contribution in [0.3, 0.4) is 0 Å². The van der Waals surface area contributed by atoms with Gasteiger partial charge in [0.15, 0.2) is 0 Å². The fraction of sp³-hybridized carbons (Fsp3) is 0.250. The number of rotatable bonds is 5. The Balaban J connectivity index is 1.88. The van der Waals surface area contributed by atoms with Gasteiger partial charge in [0.05, 0.1) is 0 Å². The Kier molecular flexibility index (Phi) is 5.41. The van der Waals surface area contributed by atoms with Gasteiger partial charge in [-0.15, -0.1) is 0 Å². The summed E-state index contributed by atoms with van der Waals surface area (Å²) in [6.45, 7) is 3.33. The summed E-state index contributed by atoms with van der Waals surface area (Å²) in [4.78, 5) is 0. The first-order chi connectivity index (χ1) is 9.58. The highest BCUT2D eigenvalue weighted by atomic mass is 35.5. The van der Waals surface area contributed by atoms with Crippen LogP contribution < -0.4 is 5.32 Å². The van der Waals surface area contributed by atoms with E-state index < -0.39 is 0 Å². The van der Waals surface area contributed by atoms with Crippen LogP contribution in [0, 0.1) is 12.7 Å². The maximum absolute atomic E-state index is 13.0. The molecule has 2 aromatic carbocycles. The first-order valence-electron chi connectivity index (χ1n) is 6.46. The van der Waals surface area contributed by atoms with Gasteiger partial charge in [-0.05, 0) is 55.3 Å². The molecule has 0 radical (unpaired) electrons. The van der Waals surface area contributed by atoms with Gasteiger partial charge >= 0.3 is 0 Å². The van der Waals surface area contributed by atoms with Crippen molar-refractivity contribution in [3.05, 3.63) is 69.0 Å². The van der Waals surface area contributed by atoms with Gasteiger partial charge in [0.1, 0.15) is 5.82 Å². The van der Waals surface area contributed by atoms with E-state index >= 15 is 0 Å². The number of halogens is 3. The summed E-state index contributed by atoms with van der Waals surface area (Å²) in [5, 5.41) is 4.65. The Bertz CT molecular complexity index is 579. The van der Waals surface area contributed by atoms with E-state index in [9.17, 15) is 4.39 Å². The van der Waals surface area contributed by atoms with Gasteiger partial charge in [0.2, 0.25) is 0 Å². The highest BCUT2D eigenvalue weighted by Crippen LogP contribution is 2.23. The highest BCUT2D eigenvalue weighted by Gasteiger charge is 2.05. The zero-order chi connectivity index (χ0) is 14.5. The van der Waals surface area contributed by atoms with Gasteiger partial charge < -0.3 is 5.32 Å². The molecular formula is C16H16Cl2FN. The SMILES string of the molecule is Cc1cc(F)ccc1CCNCc1c(Cl)cccc1Cl. The third-order valence-electron chi connectivity index (χ3n) is 3.24. The molecule has 4 heteroatoms. The van der Waals surface area contributed by atoms with Gasteiger partial charge in [0.25, 0.3) is 0 Å². The Morgan fingerprint density at radius 2 is 1.80 bits per heavy atom. The van der Waals surface area contributed by atoms with Crippen molar-refractivity contribution in [2.24, 2.45) is 0 Å². The Labute approximate surface area is 128 Å². The molecule has 0 atom stereocenters. The second-order valence-corrected chi connectivity index (χ2v) is 5.51. The van der Waals surface area contributed by atoms with Gasteiger partial charge in [-0.3, -0.25) is 0 Å². The van der Waals surface area contributed by atoms with E-state index in [1.165, 1.54) is 6.07 Å². The van der Waals surface area contributed by atoms with Crippen molar-refractivity contribution in [2.45, 2.75) is 19.9 Å². The van der Waals surface area contributed by atoms with E-state index in [1.807, 2.05) is 31.2 Å². The molecule has 0 amide bonds. The minimum atomic E-state index is -0.193. The predicted molar refractivity (Wildman–Crippen MR) is 83.0 cm³/mol. The molecule has 2 aromatic rings. The van der Waals surface area contributed by atoms with Crippen LogP contribution in [0.2, 0.25) is 10.0 Å². The summed E-state index contributed by atoms with van der Waals surface area (Å²) in [6, 6.07) is 10.4. The van der Waals surface area contributed by atoms with Crippen LogP contribution in [-0.2, 0) is 13.0 Å². The maximum Gasteiger partial charge on any atom is 0.123 e. The molecule has 0 aromatic heterocycles. The van der Waals surface area contributed by atoms with Crippen molar-refractivity contribution in [1.82, 2.24) is 5.32 Å². The molecule has 1 nitrogen and oxygen atoms in total. The molecule has 0 unspecified atom stereocenters. The minimum Gasteiger partial charge on any atom is -0.312 e. The van der Waals surface area contributed by atoms with E-state index in [4.69, 9.17) is 23.2 Å². The Hall–Kier alpha value is -1.09. The molecule has 0 saturated carbocycles. The van der Waals surface area contributed by atoms with Crippen molar-refractivity contribution in [3.8, 4) is 0 Å². The van der Waals surface area contributed by atoms with E-state index in [-0.39, 0.29) is 5.82 Å². The lowest BCUT2D eigenvalue weighted by molar-refractivity contribution is 0.624. The molecule has 0 spiro atoms. The third-order valence-corrected chi connectivity index (χ3v) is 3.95. The number of benzene rings is 2. The summed E-state index contributed by atoms with van der Waals surface area (Å²) in [7, 11) is 0. The maximum atomic E-state index is 13.0. The van der Waals surface area contributed by atoms with E-state index in [2.05, 4.69) is 5.32 Å². The van der Waals surface area contributed by atoms with Crippen molar-refractivity contribution in [1.29, 1.82) is 0 Å². The lowest BCUT2D eigenvalue weighted by Gasteiger charge is -2.10. The molecule has 0 bridgehead atoms. The topological polar surface area (TPSA) is 12.0 Å². The summed E-state index contributed by atoms with van der Waals surface area (Å²) >= 11 is 12.2. The average molecular weight is 312 g/mol. The normalized spacial score (nSPS) is 10.8. The molecule has 1 N–H and O–H groups in total. The number of aryl methyl sites for hydroxylation is 1. The molecule has 0 aliphatic rings. The quantitative estimate of drug-likeness (QED) is 0.784. The number of nitrogens with one attached hydrogen (secondary N) is 1. The van der Waals surface area contributed by atoms with Gasteiger partial charge in [-0.25, -0.2) is 4.39 Å². The van der Waals surface area contributed by atoms with E-state index in [1.54, 1.807) is 6.07 Å². The molecule has 2 rings (SSSR count). The molecule has 0 fully saturated rings. The van der Waals surface area contributed by atoms with E-state index in [0.717, 1.165) is 29.7 Å². The zero-order valence-electron chi connectivity index (χ0n) is 11.2. The van der Waals surface area contributed by atoms with Crippen LogP contribution in [0.1, 0.15) is 16.7 Å². The van der Waals surface area contributed by atoms with Crippen molar-refractivity contribution >= 4 is 23.2 Å². The number of hydrogen-bond donors (Lipinski definition) is 1. The molecule has 20 heavy (non-hydrogen) atoms. The van der Waals surface area contributed by atoms with Crippen LogP contribution in [0.4, 0.5) is 4.39 Å². The molecule has 0 saturated heterocycles. The molecule has 0 heterocycles. The second-order valence-electron chi connectivity index (χ2n) is 4.70. The number of hydrogen-bond acceptors (Lipinski definition) is 1. The second kappa shape index (κ2) is 7.07. The molecule has 106 valence electrons. The summed E-state index contributed by atoms with van der Waals surface area (Å²) in [6.07, 6.45) is 0.841. The summed E-state index contributed by atoms with van der Waals surface area (Å²) < 4.78 is 13.0. The minimum absolute atomic E-state index is 0.193. The lowest BCUT2D eigenvalue weighted by Crippen LogP contribution is -2.17. The highest BCUT2D eigenvalue weighted by molar-refractivity contribution is 6.35. The zero-order valence-corrected chi connectivity index (χ0v) is 12.7. The van der Waals surface area contributed by atoms with Gasteiger partial charge in [-0.1, -0.05) is 35.3 Å². The average Bonchev–Trinajstić information content (AvgIpc) is 2.39. The van der Waals surface area contributed by atoms with E-state index in [0.29, 0.717) is 16.6 Å². The fourth-order valence-corrected chi connectivity index (χ4v) is 2.61. The molecule has 0 aliphatic carbocycles. The van der Waals surface area contributed by atoms with Crippen molar-refractivity contribution < 1.29 is 4.39 Å². The van der Waals surface area contributed by atoms with Crippen LogP contribution >= 0.6 is 23.2 Å². The monoisotopic (exact) mass is 311 g/mol. The largest absolute Gasteiger partial charge is 0.312 e. The smallest absolute Gasteiger partial charge is 0.123 e. The summed E-state index contributed by atoms with van der Waals surface area (Å²) in [5.41, 5.74) is 3.03. The van der Waals surface area contributed by atoms with Crippen LogP contribution in [0.5, 0.6) is 0 Å². The lowest BCUT2D eigenvalue weighted by atomic mass is 10.1. The third kappa shape index (κ3) is 3.95. The standard InChI is InChI=1S/C16H16Cl2FN/c1-11-9-13(19)6-5-12(11)7-8-20-10-14-15(17)3-2-4-16(14)18/h2-6,9,20H,7-8,10H2,1H3. The first-order valence-corrected chi connectivity index (χ1v) is 7.22. The first kappa shape index (κ1) is 15.3. The Morgan fingerprint density at radius 1 is 1.10 bits per heavy atom. The predicted octanol–water partition coefficient (Wildman–Crippen LogP) is 4.77. The van der Waals surface area contributed by atoms with Crippen molar-refractivity contribution in [2.75, 3.05) is 6.54 Å². The fourth-order valence-electron chi connectivity index (χ4n) is 2.08. The summed E-state index contributed by atoms with van der Waals surface area (Å²) in [5.74, 6) is -0.193. The van der Waals surface area contributed by atoms with Crippen LogP contribution in [-0.4, -0.2) is 6.54 Å². The Morgan fingerprint density at radius 3 is 2.45 bits per heavy atom. The van der Waals surface area contributed by atoms with Gasteiger partial charge in [-0.2, -0.15) is 0 Å². The van der Waals surface area contributed by atoms with Crippen LogP contribution in [0.15, 0.2) is 36.4 Å². The molecule has 0 aliphatic heterocycles. The van der Waals surface area contributed by atoms with Crippen molar-refractivity contribution in [3.63, 3.8) is 0 Å².